The lowest BCUT2D eigenvalue weighted by Crippen LogP contribution is -2.40. The minimum absolute atomic E-state index is 0.0751. The standard InChI is InChI=1S/C24H21N3O6S/c1-4-33-23(29)20-14(2)25-24-26(21(20)17-10-5-6-11-18(17)32-3)22(28)19(34-24)13-15-8-7-9-16(12-15)27(30)31/h5-13,21H,4H2,1-3H3/b19-13+. The second kappa shape index (κ2) is 9.44. The number of nitro groups is 1. The molecule has 0 bridgehead atoms. The number of aromatic nitrogens is 1. The van der Waals surface area contributed by atoms with Crippen molar-refractivity contribution in [1.29, 1.82) is 0 Å². The van der Waals surface area contributed by atoms with Crippen LogP contribution in [-0.4, -0.2) is 29.2 Å². The van der Waals surface area contributed by atoms with Crippen LogP contribution in [0.25, 0.3) is 6.08 Å². The third kappa shape index (κ3) is 4.15. The Labute approximate surface area is 198 Å². The van der Waals surface area contributed by atoms with E-state index in [2.05, 4.69) is 4.99 Å². The first-order valence-electron chi connectivity index (χ1n) is 10.4. The topological polar surface area (TPSA) is 113 Å². The average molecular weight is 480 g/mol. The van der Waals surface area contributed by atoms with Crippen LogP contribution in [0.2, 0.25) is 0 Å². The smallest absolute Gasteiger partial charge is 0.338 e. The summed E-state index contributed by atoms with van der Waals surface area (Å²) < 4.78 is 12.6. The molecule has 0 saturated heterocycles. The lowest BCUT2D eigenvalue weighted by atomic mass is 9.95. The molecule has 2 aromatic carbocycles. The molecule has 1 aliphatic heterocycles. The SMILES string of the molecule is CCOC(=O)C1=C(C)N=c2s/c(=C/c3cccc([N+](=O)[O-])c3)c(=O)n2C1c1ccccc1OC. The number of ether oxygens (including phenoxy) is 2. The van der Waals surface area contributed by atoms with E-state index in [1.165, 1.54) is 23.8 Å². The first kappa shape index (κ1) is 23.1. The van der Waals surface area contributed by atoms with E-state index >= 15 is 0 Å². The maximum absolute atomic E-state index is 13.6. The van der Waals surface area contributed by atoms with Crippen LogP contribution >= 0.6 is 11.3 Å². The molecule has 0 fully saturated rings. The van der Waals surface area contributed by atoms with Crippen molar-refractivity contribution in [1.82, 2.24) is 4.57 Å². The fraction of sp³-hybridized carbons (Fsp3) is 0.208. The van der Waals surface area contributed by atoms with Crippen molar-refractivity contribution in [3.63, 3.8) is 0 Å². The average Bonchev–Trinajstić information content (AvgIpc) is 3.12. The Hall–Kier alpha value is -4.05. The normalized spacial score (nSPS) is 15.5. The second-order valence-corrected chi connectivity index (χ2v) is 8.41. The highest BCUT2D eigenvalue weighted by Gasteiger charge is 2.34. The molecule has 174 valence electrons. The van der Waals surface area contributed by atoms with E-state index < -0.39 is 16.9 Å². The Morgan fingerprint density at radius 1 is 1.26 bits per heavy atom. The quantitative estimate of drug-likeness (QED) is 0.305. The van der Waals surface area contributed by atoms with Gasteiger partial charge in [-0.05, 0) is 31.6 Å². The van der Waals surface area contributed by atoms with Gasteiger partial charge in [-0.25, -0.2) is 9.79 Å². The molecule has 0 radical (unpaired) electrons. The summed E-state index contributed by atoms with van der Waals surface area (Å²) in [6.07, 6.45) is 1.58. The number of carbonyl (C=O) groups is 1. The van der Waals surface area contributed by atoms with Crippen LogP contribution in [0, 0.1) is 10.1 Å². The molecule has 9 nitrogen and oxygen atoms in total. The number of nitro benzene ring substituents is 1. The number of hydrogen-bond acceptors (Lipinski definition) is 8. The predicted octanol–water partition coefficient (Wildman–Crippen LogP) is 2.72. The number of benzene rings is 2. The Morgan fingerprint density at radius 3 is 2.74 bits per heavy atom. The lowest BCUT2D eigenvalue weighted by Gasteiger charge is -2.25. The summed E-state index contributed by atoms with van der Waals surface area (Å²) in [6, 6.07) is 12.4. The second-order valence-electron chi connectivity index (χ2n) is 7.40. The highest BCUT2D eigenvalue weighted by molar-refractivity contribution is 7.07. The zero-order chi connectivity index (χ0) is 24.4. The van der Waals surface area contributed by atoms with E-state index in [1.807, 2.05) is 0 Å². The Kier molecular flexibility index (Phi) is 6.42. The summed E-state index contributed by atoms with van der Waals surface area (Å²) in [7, 11) is 1.52. The van der Waals surface area contributed by atoms with Gasteiger partial charge in [-0.15, -0.1) is 0 Å². The van der Waals surface area contributed by atoms with Crippen LogP contribution in [0.5, 0.6) is 5.75 Å². The van der Waals surface area contributed by atoms with Gasteiger partial charge in [0.2, 0.25) is 0 Å². The Balaban J connectivity index is 1.98. The number of non-ortho nitro benzene ring substituents is 1. The summed E-state index contributed by atoms with van der Waals surface area (Å²) in [5, 5.41) is 11.1. The van der Waals surface area contributed by atoms with E-state index in [-0.39, 0.29) is 23.4 Å². The molecular weight excluding hydrogens is 458 g/mol. The van der Waals surface area contributed by atoms with E-state index in [1.54, 1.807) is 56.3 Å². The molecule has 2 heterocycles. The van der Waals surface area contributed by atoms with Crippen molar-refractivity contribution in [3.05, 3.63) is 101 Å². The van der Waals surface area contributed by atoms with Gasteiger partial charge in [-0.3, -0.25) is 19.5 Å². The van der Waals surface area contributed by atoms with Crippen molar-refractivity contribution in [2.24, 2.45) is 4.99 Å². The number of esters is 1. The third-order valence-corrected chi connectivity index (χ3v) is 6.31. The minimum atomic E-state index is -0.807. The van der Waals surface area contributed by atoms with E-state index in [9.17, 15) is 19.7 Å². The van der Waals surface area contributed by atoms with Gasteiger partial charge < -0.3 is 9.47 Å². The van der Waals surface area contributed by atoms with Crippen molar-refractivity contribution in [2.45, 2.75) is 19.9 Å². The molecule has 0 amide bonds. The van der Waals surface area contributed by atoms with Crippen LogP contribution < -0.4 is 19.6 Å². The molecule has 1 aromatic heterocycles. The maximum Gasteiger partial charge on any atom is 0.338 e. The molecule has 3 aromatic rings. The molecule has 1 unspecified atom stereocenters. The van der Waals surface area contributed by atoms with Crippen molar-refractivity contribution < 1.29 is 19.2 Å². The van der Waals surface area contributed by atoms with Crippen LogP contribution in [0.4, 0.5) is 5.69 Å². The molecule has 1 atom stereocenters. The number of hydrogen-bond donors (Lipinski definition) is 0. The summed E-state index contributed by atoms with van der Waals surface area (Å²) >= 11 is 1.15. The third-order valence-electron chi connectivity index (χ3n) is 5.33. The van der Waals surface area contributed by atoms with Gasteiger partial charge in [0, 0.05) is 17.7 Å². The predicted molar refractivity (Wildman–Crippen MR) is 126 cm³/mol. The first-order valence-corrected chi connectivity index (χ1v) is 11.2. The van der Waals surface area contributed by atoms with Crippen LogP contribution in [0.15, 0.2) is 69.6 Å². The first-order chi connectivity index (χ1) is 16.3. The summed E-state index contributed by atoms with van der Waals surface area (Å²) in [6.45, 7) is 3.58. The maximum atomic E-state index is 13.6. The minimum Gasteiger partial charge on any atom is -0.496 e. The fourth-order valence-corrected chi connectivity index (χ4v) is 4.90. The Morgan fingerprint density at radius 2 is 2.03 bits per heavy atom. The van der Waals surface area contributed by atoms with Crippen molar-refractivity contribution in [3.8, 4) is 5.75 Å². The molecule has 0 aliphatic carbocycles. The number of thiazole rings is 1. The summed E-state index contributed by atoms with van der Waals surface area (Å²) in [5.74, 6) is -0.0510. The fourth-order valence-electron chi connectivity index (χ4n) is 3.86. The van der Waals surface area contributed by atoms with Gasteiger partial charge in [0.05, 0.1) is 34.4 Å². The van der Waals surface area contributed by atoms with Crippen LogP contribution in [-0.2, 0) is 9.53 Å². The molecule has 10 heteroatoms. The molecule has 0 N–H and O–H groups in total. The number of methoxy groups -OCH3 is 1. The van der Waals surface area contributed by atoms with E-state index in [4.69, 9.17) is 9.47 Å². The van der Waals surface area contributed by atoms with Crippen molar-refractivity contribution in [2.75, 3.05) is 13.7 Å². The number of fused-ring (bicyclic) bond motifs is 1. The van der Waals surface area contributed by atoms with Gasteiger partial charge >= 0.3 is 5.97 Å². The van der Waals surface area contributed by atoms with Crippen LogP contribution in [0.1, 0.15) is 31.0 Å². The number of rotatable bonds is 6. The molecule has 0 spiro atoms. The molecule has 0 saturated carbocycles. The molecule has 1 aliphatic rings. The van der Waals surface area contributed by atoms with Gasteiger partial charge in [0.15, 0.2) is 4.80 Å². The van der Waals surface area contributed by atoms with E-state index in [0.29, 0.717) is 31.9 Å². The number of para-hydroxylation sites is 1. The van der Waals surface area contributed by atoms with Gasteiger partial charge in [0.25, 0.3) is 11.2 Å². The van der Waals surface area contributed by atoms with Crippen LogP contribution in [0.3, 0.4) is 0 Å². The Bertz CT molecular complexity index is 1500. The summed E-state index contributed by atoms with van der Waals surface area (Å²) in [4.78, 5) is 42.1. The van der Waals surface area contributed by atoms with Gasteiger partial charge in [-0.1, -0.05) is 41.7 Å². The lowest BCUT2D eigenvalue weighted by molar-refractivity contribution is -0.384. The largest absolute Gasteiger partial charge is 0.496 e. The number of carbonyl (C=O) groups excluding carboxylic acids is 1. The molecule has 34 heavy (non-hydrogen) atoms. The number of allylic oxidation sites excluding steroid dienone is 1. The van der Waals surface area contributed by atoms with Gasteiger partial charge in [0.1, 0.15) is 11.8 Å². The highest BCUT2D eigenvalue weighted by Crippen LogP contribution is 2.35. The van der Waals surface area contributed by atoms with E-state index in [0.717, 1.165) is 11.3 Å². The van der Waals surface area contributed by atoms with Crippen molar-refractivity contribution >= 4 is 29.1 Å². The zero-order valence-corrected chi connectivity index (χ0v) is 19.5. The summed E-state index contributed by atoms with van der Waals surface area (Å²) in [5.41, 5.74) is 1.37. The number of nitrogens with zero attached hydrogens (tertiary/aromatic N) is 3. The van der Waals surface area contributed by atoms with Gasteiger partial charge in [-0.2, -0.15) is 0 Å². The highest BCUT2D eigenvalue weighted by atomic mass is 32.1. The zero-order valence-electron chi connectivity index (χ0n) is 18.7. The monoisotopic (exact) mass is 479 g/mol. The molecular formula is C24H21N3O6S. The molecule has 4 rings (SSSR count).